The minimum atomic E-state index is -3.57. The number of benzene rings is 2. The van der Waals surface area contributed by atoms with Gasteiger partial charge in [0.05, 0.1) is 29.4 Å². The van der Waals surface area contributed by atoms with Crippen molar-refractivity contribution in [1.29, 1.82) is 0 Å². The molecular formula is C26H33N3O5S. The third kappa shape index (κ3) is 5.97. The van der Waals surface area contributed by atoms with E-state index in [0.717, 1.165) is 29.8 Å². The lowest BCUT2D eigenvalue weighted by atomic mass is 10.1. The Bertz CT molecular complexity index is 1190. The summed E-state index contributed by atoms with van der Waals surface area (Å²) in [4.78, 5) is 6.72. The van der Waals surface area contributed by atoms with Gasteiger partial charge in [0.15, 0.2) is 0 Å². The number of sulfonamides is 1. The molecule has 4 rings (SSSR count). The topological polar surface area (TPSA) is 85.1 Å². The number of aromatic nitrogens is 1. The van der Waals surface area contributed by atoms with Crippen LogP contribution in [-0.2, 0) is 10.0 Å². The van der Waals surface area contributed by atoms with Crippen molar-refractivity contribution in [3.8, 4) is 23.0 Å². The van der Waals surface area contributed by atoms with Gasteiger partial charge in [0.2, 0.25) is 15.9 Å². The molecule has 9 heteroatoms. The summed E-state index contributed by atoms with van der Waals surface area (Å²) in [6.07, 6.45) is 5.19. The van der Waals surface area contributed by atoms with E-state index in [-0.39, 0.29) is 11.0 Å². The van der Waals surface area contributed by atoms with Gasteiger partial charge >= 0.3 is 0 Å². The fourth-order valence-electron chi connectivity index (χ4n) is 3.98. The van der Waals surface area contributed by atoms with Crippen LogP contribution < -0.4 is 14.4 Å². The first-order valence-corrected chi connectivity index (χ1v) is 13.5. The van der Waals surface area contributed by atoms with E-state index in [9.17, 15) is 8.42 Å². The van der Waals surface area contributed by atoms with Gasteiger partial charge in [0, 0.05) is 37.9 Å². The van der Waals surface area contributed by atoms with Crippen LogP contribution in [0.3, 0.4) is 0 Å². The Balaban J connectivity index is 1.45. The molecule has 1 fully saturated rings. The minimum Gasteiger partial charge on any atom is -0.493 e. The molecule has 0 amide bonds. The zero-order chi connectivity index (χ0) is 24.8. The molecule has 0 bridgehead atoms. The first-order valence-electron chi connectivity index (χ1n) is 12.1. The number of rotatable bonds is 10. The van der Waals surface area contributed by atoms with E-state index in [1.54, 1.807) is 41.0 Å². The fourth-order valence-corrected chi connectivity index (χ4v) is 5.41. The number of piperazine rings is 1. The van der Waals surface area contributed by atoms with E-state index < -0.39 is 10.0 Å². The maximum atomic E-state index is 13.2. The normalized spacial score (nSPS) is 14.9. The smallest absolute Gasteiger partial charge is 0.243 e. The van der Waals surface area contributed by atoms with Crippen LogP contribution in [-0.4, -0.2) is 56.6 Å². The van der Waals surface area contributed by atoms with Crippen molar-refractivity contribution >= 4 is 15.7 Å². The highest BCUT2D eigenvalue weighted by molar-refractivity contribution is 7.89. The van der Waals surface area contributed by atoms with Crippen molar-refractivity contribution in [2.24, 2.45) is 0 Å². The first-order chi connectivity index (χ1) is 16.9. The molecule has 1 aliphatic rings. The molecule has 1 aromatic heterocycles. The predicted octanol–water partition coefficient (Wildman–Crippen LogP) is 4.82. The van der Waals surface area contributed by atoms with Gasteiger partial charge in [-0.05, 0) is 56.7 Å². The molecule has 3 aromatic rings. The van der Waals surface area contributed by atoms with Crippen molar-refractivity contribution < 1.29 is 22.3 Å². The summed E-state index contributed by atoms with van der Waals surface area (Å²) in [7, 11) is -3.57. The molecule has 1 aliphatic heterocycles. The summed E-state index contributed by atoms with van der Waals surface area (Å²) in [6, 6.07) is 12.6. The molecule has 1 saturated heterocycles. The third-order valence-electron chi connectivity index (χ3n) is 5.82. The van der Waals surface area contributed by atoms with E-state index in [1.165, 1.54) is 0 Å². The van der Waals surface area contributed by atoms with Crippen molar-refractivity contribution in [2.75, 3.05) is 37.7 Å². The SMILES string of the molecule is CCCCOc1cc(N2CCN(S(=O)(=O)c3ccc(OC(C)C)cc3)CC2)ccc1-c1ncco1. The van der Waals surface area contributed by atoms with Gasteiger partial charge in [-0.2, -0.15) is 4.31 Å². The average Bonchev–Trinajstić information content (AvgIpc) is 3.39. The Kier molecular flexibility index (Phi) is 7.97. The van der Waals surface area contributed by atoms with Crippen LogP contribution >= 0.6 is 0 Å². The lowest BCUT2D eigenvalue weighted by Crippen LogP contribution is -2.48. The summed E-state index contributed by atoms with van der Waals surface area (Å²) in [5.74, 6) is 1.90. The number of ether oxygens (including phenoxy) is 2. The second-order valence-electron chi connectivity index (χ2n) is 8.75. The number of hydrogen-bond acceptors (Lipinski definition) is 7. The second kappa shape index (κ2) is 11.1. The van der Waals surface area contributed by atoms with Crippen molar-refractivity contribution in [3.05, 3.63) is 54.9 Å². The molecule has 0 atom stereocenters. The van der Waals surface area contributed by atoms with Crippen LogP contribution in [0.2, 0.25) is 0 Å². The molecule has 0 saturated carbocycles. The quantitative estimate of drug-likeness (QED) is 0.370. The largest absolute Gasteiger partial charge is 0.493 e. The number of anilines is 1. The van der Waals surface area contributed by atoms with Crippen LogP contribution in [0.15, 0.2) is 64.2 Å². The second-order valence-corrected chi connectivity index (χ2v) is 10.7. The van der Waals surface area contributed by atoms with Gasteiger partial charge < -0.3 is 18.8 Å². The number of unbranched alkanes of at least 4 members (excludes halogenated alkanes) is 1. The molecular weight excluding hydrogens is 466 g/mol. The van der Waals surface area contributed by atoms with Gasteiger partial charge in [-0.1, -0.05) is 13.3 Å². The first kappa shape index (κ1) is 25.1. The highest BCUT2D eigenvalue weighted by atomic mass is 32.2. The van der Waals surface area contributed by atoms with Crippen LogP contribution in [0.4, 0.5) is 5.69 Å². The van der Waals surface area contributed by atoms with E-state index in [1.807, 2.05) is 32.0 Å². The van der Waals surface area contributed by atoms with E-state index in [0.29, 0.717) is 44.4 Å². The molecule has 35 heavy (non-hydrogen) atoms. The Morgan fingerprint density at radius 1 is 1.06 bits per heavy atom. The zero-order valence-electron chi connectivity index (χ0n) is 20.5. The molecule has 0 aliphatic carbocycles. The van der Waals surface area contributed by atoms with Crippen LogP contribution in [0.1, 0.15) is 33.6 Å². The standard InChI is InChI=1S/C26H33N3O5S/c1-4-5-17-32-25-19-21(6-11-24(25)26-27-12-18-33-26)28-13-15-29(16-14-28)35(30,31)23-9-7-22(8-10-23)34-20(2)3/h6-12,18-20H,4-5,13-17H2,1-3H3. The van der Waals surface area contributed by atoms with E-state index >= 15 is 0 Å². The van der Waals surface area contributed by atoms with Gasteiger partial charge in [-0.25, -0.2) is 13.4 Å². The maximum absolute atomic E-state index is 13.2. The summed E-state index contributed by atoms with van der Waals surface area (Å²) >= 11 is 0. The Morgan fingerprint density at radius 3 is 2.43 bits per heavy atom. The minimum absolute atomic E-state index is 0.0347. The van der Waals surface area contributed by atoms with Crippen LogP contribution in [0.25, 0.3) is 11.5 Å². The van der Waals surface area contributed by atoms with Gasteiger partial charge in [0.25, 0.3) is 0 Å². The lowest BCUT2D eigenvalue weighted by Gasteiger charge is -2.35. The van der Waals surface area contributed by atoms with Crippen molar-refractivity contribution in [3.63, 3.8) is 0 Å². The van der Waals surface area contributed by atoms with Crippen LogP contribution in [0, 0.1) is 0 Å². The molecule has 0 N–H and O–H groups in total. The molecule has 0 unspecified atom stereocenters. The summed E-state index contributed by atoms with van der Waals surface area (Å²) in [5.41, 5.74) is 1.79. The molecule has 8 nitrogen and oxygen atoms in total. The van der Waals surface area contributed by atoms with Gasteiger partial charge in [-0.15, -0.1) is 0 Å². The average molecular weight is 500 g/mol. The Morgan fingerprint density at radius 2 is 1.80 bits per heavy atom. The van der Waals surface area contributed by atoms with Gasteiger partial charge in [-0.3, -0.25) is 0 Å². The van der Waals surface area contributed by atoms with Gasteiger partial charge in [0.1, 0.15) is 17.8 Å². The zero-order valence-corrected chi connectivity index (χ0v) is 21.3. The van der Waals surface area contributed by atoms with E-state index in [2.05, 4.69) is 16.8 Å². The Labute approximate surface area is 207 Å². The van der Waals surface area contributed by atoms with Crippen molar-refractivity contribution in [2.45, 2.75) is 44.6 Å². The fraction of sp³-hybridized carbons (Fsp3) is 0.423. The third-order valence-corrected chi connectivity index (χ3v) is 7.73. The highest BCUT2D eigenvalue weighted by Crippen LogP contribution is 2.34. The van der Waals surface area contributed by atoms with E-state index in [4.69, 9.17) is 13.9 Å². The molecule has 0 radical (unpaired) electrons. The predicted molar refractivity (Wildman–Crippen MR) is 136 cm³/mol. The lowest BCUT2D eigenvalue weighted by molar-refractivity contribution is 0.242. The molecule has 2 aromatic carbocycles. The Hall–Kier alpha value is -3.04. The summed E-state index contributed by atoms with van der Waals surface area (Å²) in [5, 5.41) is 0. The highest BCUT2D eigenvalue weighted by Gasteiger charge is 2.29. The summed E-state index contributed by atoms with van der Waals surface area (Å²) < 4.78 is 45.1. The summed E-state index contributed by atoms with van der Waals surface area (Å²) in [6.45, 7) is 8.58. The number of hydrogen-bond donors (Lipinski definition) is 0. The number of oxazole rings is 1. The maximum Gasteiger partial charge on any atom is 0.243 e. The van der Waals surface area contributed by atoms with Crippen LogP contribution in [0.5, 0.6) is 11.5 Å². The molecule has 2 heterocycles. The number of nitrogens with zero attached hydrogens (tertiary/aromatic N) is 3. The van der Waals surface area contributed by atoms with Crippen molar-refractivity contribution in [1.82, 2.24) is 9.29 Å². The molecule has 0 spiro atoms. The molecule has 188 valence electrons. The monoisotopic (exact) mass is 499 g/mol.